The summed E-state index contributed by atoms with van der Waals surface area (Å²) in [6, 6.07) is 97.2. The number of rotatable bonds is 8. The molecule has 4 nitrogen and oxygen atoms in total. The molecule has 0 atom stereocenters. The van der Waals surface area contributed by atoms with E-state index in [1.165, 1.54) is 63.3 Å². The van der Waals surface area contributed by atoms with Gasteiger partial charge < -0.3 is 19.6 Å². The van der Waals surface area contributed by atoms with Gasteiger partial charge in [-0.25, -0.2) is 0 Å². The first-order valence-corrected chi connectivity index (χ1v) is 26.0. The van der Waals surface area contributed by atoms with Gasteiger partial charge in [0.15, 0.2) is 0 Å². The standard InChI is InChI=1S/C66H44N4S2/c1-5-19-45(20-6-1)67(46-21-7-2-8-22-46)51-35-39-61-65(43-51)71-63-31-17-15-29-59(63)69(61)49-33-37-55-53-27-13-14-28-54(53)56-38-34-50(42-58(56)57(55)41-49)70-60-30-16-18-32-64(60)72-66-44-52(36-40-62(66)70)68(47-23-9-3-10-24-47)48-25-11-4-12-26-48/h1-44H. The van der Waals surface area contributed by atoms with E-state index in [0.717, 1.165) is 56.9 Å². The van der Waals surface area contributed by atoms with Gasteiger partial charge in [0.1, 0.15) is 0 Å². The van der Waals surface area contributed by atoms with Gasteiger partial charge in [0.25, 0.3) is 0 Å². The smallest absolute Gasteiger partial charge is 0.0603 e. The lowest BCUT2D eigenvalue weighted by Gasteiger charge is -2.35. The third kappa shape index (κ3) is 7.18. The molecule has 0 aromatic heterocycles. The number of para-hydroxylation sites is 6. The molecule has 0 unspecified atom stereocenters. The SMILES string of the molecule is c1ccc(N(c2ccccc2)c2ccc3c(c2)Sc2ccccc2N3c2ccc3c4ccccc4c4ccc(N5c6ccccc6Sc6cc(N(c7ccccc7)c7ccccc7)ccc65)cc4c3c2)cc1. The van der Waals surface area contributed by atoms with Crippen LogP contribution in [0, 0.1) is 0 Å². The van der Waals surface area contributed by atoms with Gasteiger partial charge in [-0.15, -0.1) is 0 Å². The fourth-order valence-corrected chi connectivity index (χ4v) is 12.9. The van der Waals surface area contributed by atoms with Gasteiger partial charge in [-0.3, -0.25) is 0 Å². The van der Waals surface area contributed by atoms with Crippen molar-refractivity contribution < 1.29 is 0 Å². The summed E-state index contributed by atoms with van der Waals surface area (Å²) in [5.74, 6) is 0. The van der Waals surface area contributed by atoms with Crippen LogP contribution in [0.5, 0.6) is 0 Å². The molecule has 12 aromatic carbocycles. The Hall–Kier alpha value is -8.68. The van der Waals surface area contributed by atoms with Crippen LogP contribution in [0.4, 0.5) is 68.2 Å². The van der Waals surface area contributed by atoms with E-state index in [9.17, 15) is 0 Å². The van der Waals surface area contributed by atoms with Crippen molar-refractivity contribution in [1.29, 1.82) is 0 Å². The van der Waals surface area contributed by atoms with Crippen LogP contribution < -0.4 is 19.6 Å². The molecule has 0 spiro atoms. The zero-order chi connectivity index (χ0) is 47.5. The Morgan fingerprint density at radius 3 is 0.931 bits per heavy atom. The van der Waals surface area contributed by atoms with Gasteiger partial charge in [0, 0.05) is 65.1 Å². The summed E-state index contributed by atoms with van der Waals surface area (Å²) in [6.07, 6.45) is 0. The number of hydrogen-bond acceptors (Lipinski definition) is 6. The Kier molecular flexibility index (Phi) is 10.3. The van der Waals surface area contributed by atoms with Crippen LogP contribution in [0.1, 0.15) is 0 Å². The maximum atomic E-state index is 2.46. The van der Waals surface area contributed by atoms with Crippen molar-refractivity contribution in [2.24, 2.45) is 0 Å². The third-order valence-electron chi connectivity index (χ3n) is 13.9. The molecule has 0 bridgehead atoms. The molecule has 0 saturated heterocycles. The predicted molar refractivity (Wildman–Crippen MR) is 306 cm³/mol. The Morgan fingerprint density at radius 2 is 0.542 bits per heavy atom. The van der Waals surface area contributed by atoms with Crippen molar-refractivity contribution in [1.82, 2.24) is 0 Å². The molecule has 0 radical (unpaired) electrons. The molecule has 14 rings (SSSR count). The molecule has 2 aliphatic heterocycles. The minimum Gasteiger partial charge on any atom is -0.310 e. The Morgan fingerprint density at radius 1 is 0.222 bits per heavy atom. The summed E-state index contributed by atoms with van der Waals surface area (Å²) in [6.45, 7) is 0. The molecule has 0 amide bonds. The van der Waals surface area contributed by atoms with Gasteiger partial charge in [0.05, 0.1) is 22.7 Å². The van der Waals surface area contributed by atoms with Gasteiger partial charge in [-0.05, 0) is 166 Å². The largest absolute Gasteiger partial charge is 0.310 e. The first-order valence-electron chi connectivity index (χ1n) is 24.3. The van der Waals surface area contributed by atoms with Gasteiger partial charge in [-0.2, -0.15) is 0 Å². The predicted octanol–water partition coefficient (Wildman–Crippen LogP) is 20.0. The molecule has 0 saturated carbocycles. The summed E-state index contributed by atoms with van der Waals surface area (Å²) in [5, 5.41) is 7.40. The average molecular weight is 957 g/mol. The van der Waals surface area contributed by atoms with E-state index in [-0.39, 0.29) is 0 Å². The summed E-state index contributed by atoms with van der Waals surface area (Å²) in [4.78, 5) is 14.5. The summed E-state index contributed by atoms with van der Waals surface area (Å²) in [5.41, 5.74) is 13.6. The number of anilines is 12. The maximum absolute atomic E-state index is 2.46. The molecule has 2 heterocycles. The average Bonchev–Trinajstić information content (AvgIpc) is 3.45. The van der Waals surface area contributed by atoms with Crippen molar-refractivity contribution in [2.45, 2.75) is 19.6 Å². The zero-order valence-electron chi connectivity index (χ0n) is 39.0. The first-order chi connectivity index (χ1) is 35.7. The highest BCUT2D eigenvalue weighted by Gasteiger charge is 2.29. The van der Waals surface area contributed by atoms with E-state index in [0.29, 0.717) is 0 Å². The van der Waals surface area contributed by atoms with Crippen LogP contribution >= 0.6 is 23.5 Å². The van der Waals surface area contributed by atoms with Crippen LogP contribution in [0.15, 0.2) is 287 Å². The van der Waals surface area contributed by atoms with Crippen molar-refractivity contribution >= 4 is 124 Å². The van der Waals surface area contributed by atoms with Crippen LogP contribution in [-0.2, 0) is 0 Å². The van der Waals surface area contributed by atoms with Crippen LogP contribution in [-0.4, -0.2) is 0 Å². The van der Waals surface area contributed by atoms with E-state index in [2.05, 4.69) is 287 Å². The molecule has 12 aromatic rings. The molecule has 340 valence electrons. The van der Waals surface area contributed by atoms with E-state index < -0.39 is 0 Å². The van der Waals surface area contributed by atoms with E-state index in [1.54, 1.807) is 0 Å². The Labute approximate surface area is 427 Å². The molecule has 2 aliphatic rings. The molecule has 72 heavy (non-hydrogen) atoms. The Bertz CT molecular complexity index is 3680. The number of fused-ring (bicyclic) bond motifs is 10. The number of benzene rings is 12. The van der Waals surface area contributed by atoms with Gasteiger partial charge in [0.2, 0.25) is 0 Å². The molecular weight excluding hydrogens is 913 g/mol. The van der Waals surface area contributed by atoms with Crippen LogP contribution in [0.2, 0.25) is 0 Å². The molecular formula is C66H44N4S2. The van der Waals surface area contributed by atoms with Crippen LogP contribution in [0.25, 0.3) is 32.3 Å². The van der Waals surface area contributed by atoms with Crippen LogP contribution in [0.3, 0.4) is 0 Å². The van der Waals surface area contributed by atoms with Gasteiger partial charge >= 0.3 is 0 Å². The summed E-state index contributed by atoms with van der Waals surface area (Å²) in [7, 11) is 0. The van der Waals surface area contributed by atoms with Crippen molar-refractivity contribution in [3.63, 3.8) is 0 Å². The van der Waals surface area contributed by atoms with Crippen molar-refractivity contribution in [3.8, 4) is 0 Å². The lowest BCUT2D eigenvalue weighted by molar-refractivity contribution is 1.16. The molecule has 6 heteroatoms. The highest BCUT2D eigenvalue weighted by Crippen LogP contribution is 2.56. The van der Waals surface area contributed by atoms with Crippen molar-refractivity contribution in [2.75, 3.05) is 19.6 Å². The second kappa shape index (κ2) is 17.6. The minimum absolute atomic E-state index is 1.11. The first kappa shape index (κ1) is 42.2. The lowest BCUT2D eigenvalue weighted by Crippen LogP contribution is -2.16. The topological polar surface area (TPSA) is 13.0 Å². The number of nitrogens with zero attached hydrogens (tertiary/aromatic N) is 4. The van der Waals surface area contributed by atoms with Gasteiger partial charge in [-0.1, -0.05) is 157 Å². The second-order valence-electron chi connectivity index (χ2n) is 18.1. The monoisotopic (exact) mass is 956 g/mol. The normalized spacial score (nSPS) is 12.6. The van der Waals surface area contributed by atoms with E-state index in [4.69, 9.17) is 0 Å². The fourth-order valence-electron chi connectivity index (χ4n) is 10.7. The fraction of sp³-hybridized carbons (Fsp3) is 0. The lowest BCUT2D eigenvalue weighted by atomic mass is 9.93. The van der Waals surface area contributed by atoms with E-state index in [1.807, 2.05) is 23.5 Å². The molecule has 0 aliphatic carbocycles. The highest BCUT2D eigenvalue weighted by atomic mass is 32.2. The quantitative estimate of drug-likeness (QED) is 0.140. The molecule has 0 fully saturated rings. The summed E-state index contributed by atoms with van der Waals surface area (Å²) >= 11 is 3.68. The second-order valence-corrected chi connectivity index (χ2v) is 20.3. The maximum Gasteiger partial charge on any atom is 0.0603 e. The summed E-state index contributed by atoms with van der Waals surface area (Å²) < 4.78 is 0. The third-order valence-corrected chi connectivity index (χ3v) is 16.1. The zero-order valence-corrected chi connectivity index (χ0v) is 40.6. The number of hydrogen-bond donors (Lipinski definition) is 0. The molecule has 0 N–H and O–H groups in total. The van der Waals surface area contributed by atoms with E-state index >= 15 is 0 Å². The van der Waals surface area contributed by atoms with Crippen molar-refractivity contribution in [3.05, 3.63) is 267 Å². The Balaban J connectivity index is 0.931. The highest BCUT2D eigenvalue weighted by molar-refractivity contribution is 8.00. The minimum atomic E-state index is 1.11.